The van der Waals surface area contributed by atoms with Gasteiger partial charge in [0.1, 0.15) is 11.6 Å². The fourth-order valence-electron chi connectivity index (χ4n) is 2.06. The normalized spacial score (nSPS) is 13.9. The molecule has 1 aliphatic carbocycles. The highest BCUT2D eigenvalue weighted by atomic mass is 19.1. The van der Waals surface area contributed by atoms with E-state index < -0.39 is 0 Å². The number of ether oxygens (including phenoxy) is 1. The summed E-state index contributed by atoms with van der Waals surface area (Å²) >= 11 is 0. The molecular formula is C16H18FN3O2. The van der Waals surface area contributed by atoms with E-state index >= 15 is 0 Å². The molecule has 0 bridgehead atoms. The van der Waals surface area contributed by atoms with Crippen molar-refractivity contribution in [3.63, 3.8) is 0 Å². The minimum atomic E-state index is -0.386. The topological polar surface area (TPSA) is 56.2 Å². The molecule has 1 fully saturated rings. The van der Waals surface area contributed by atoms with E-state index in [0.717, 1.165) is 12.8 Å². The first-order chi connectivity index (χ1) is 10.7. The molecule has 22 heavy (non-hydrogen) atoms. The van der Waals surface area contributed by atoms with E-state index in [2.05, 4.69) is 10.4 Å². The molecule has 0 radical (unpaired) electrons. The number of amides is 1. The molecule has 0 aliphatic heterocycles. The fraction of sp³-hybridized carbons (Fsp3) is 0.375. The van der Waals surface area contributed by atoms with E-state index in [4.69, 9.17) is 4.74 Å². The molecule has 0 atom stereocenters. The van der Waals surface area contributed by atoms with Crippen LogP contribution in [0.5, 0.6) is 5.75 Å². The predicted molar refractivity (Wildman–Crippen MR) is 80.5 cm³/mol. The van der Waals surface area contributed by atoms with Crippen molar-refractivity contribution in [2.75, 3.05) is 11.9 Å². The van der Waals surface area contributed by atoms with Crippen LogP contribution in [0, 0.1) is 11.7 Å². The number of benzene rings is 1. The zero-order valence-corrected chi connectivity index (χ0v) is 12.4. The minimum Gasteiger partial charge on any atom is -0.491 e. The molecular weight excluding hydrogens is 285 g/mol. The van der Waals surface area contributed by atoms with Gasteiger partial charge in [0.05, 0.1) is 24.1 Å². The molecule has 6 heteroatoms. The number of aromatic nitrogens is 2. The van der Waals surface area contributed by atoms with Gasteiger partial charge in [-0.1, -0.05) is 0 Å². The van der Waals surface area contributed by atoms with Crippen LogP contribution in [0.4, 0.5) is 10.1 Å². The van der Waals surface area contributed by atoms with Crippen molar-refractivity contribution in [1.82, 2.24) is 9.78 Å². The molecule has 1 aliphatic rings. The van der Waals surface area contributed by atoms with Gasteiger partial charge in [-0.25, -0.2) is 4.39 Å². The molecule has 1 amide bonds. The molecule has 1 heterocycles. The lowest BCUT2D eigenvalue weighted by atomic mass is 10.2. The second kappa shape index (κ2) is 6.17. The molecule has 5 nitrogen and oxygen atoms in total. The first-order valence-electron chi connectivity index (χ1n) is 7.42. The smallest absolute Gasteiger partial charge is 0.258 e. The molecule has 1 aromatic carbocycles. The molecule has 0 saturated heterocycles. The van der Waals surface area contributed by atoms with Gasteiger partial charge >= 0.3 is 0 Å². The molecule has 2 aromatic rings. The van der Waals surface area contributed by atoms with Crippen LogP contribution in [0.1, 0.15) is 30.1 Å². The van der Waals surface area contributed by atoms with Crippen LogP contribution >= 0.6 is 0 Å². The Kier molecular flexibility index (Phi) is 4.09. The molecule has 116 valence electrons. The Morgan fingerprint density at radius 2 is 2.32 bits per heavy atom. The predicted octanol–water partition coefficient (Wildman–Crippen LogP) is 3.08. The lowest BCUT2D eigenvalue weighted by Gasteiger charge is -2.12. The average molecular weight is 303 g/mol. The van der Waals surface area contributed by atoms with E-state index in [1.807, 2.05) is 6.92 Å². The van der Waals surface area contributed by atoms with Crippen molar-refractivity contribution in [3.05, 3.63) is 42.0 Å². The third-order valence-corrected chi connectivity index (χ3v) is 3.58. The number of aryl methyl sites for hydroxylation is 1. The number of rotatable bonds is 6. The van der Waals surface area contributed by atoms with E-state index in [9.17, 15) is 9.18 Å². The van der Waals surface area contributed by atoms with E-state index in [1.54, 1.807) is 10.9 Å². The zero-order valence-electron chi connectivity index (χ0n) is 12.4. The number of hydrogen-bond acceptors (Lipinski definition) is 3. The van der Waals surface area contributed by atoms with Crippen LogP contribution in [-0.2, 0) is 6.54 Å². The summed E-state index contributed by atoms with van der Waals surface area (Å²) in [6.45, 7) is 3.19. The van der Waals surface area contributed by atoms with Crippen molar-refractivity contribution >= 4 is 11.6 Å². The van der Waals surface area contributed by atoms with Gasteiger partial charge in [0.2, 0.25) is 0 Å². The second-order valence-electron chi connectivity index (χ2n) is 5.43. The highest BCUT2D eigenvalue weighted by Gasteiger charge is 2.23. The number of nitrogens with one attached hydrogen (secondary N) is 1. The maximum absolute atomic E-state index is 13.4. The standard InChI is InChI=1S/C16H18FN3O2/c1-2-20-9-12(8-18-20)16(21)19-14-6-5-13(17)7-15(14)22-10-11-3-4-11/h5-9,11H,2-4,10H2,1H3,(H,19,21). The third-order valence-electron chi connectivity index (χ3n) is 3.58. The quantitative estimate of drug-likeness (QED) is 0.892. The maximum atomic E-state index is 13.4. The summed E-state index contributed by atoms with van der Waals surface area (Å²) in [6.07, 6.45) is 5.47. The summed E-state index contributed by atoms with van der Waals surface area (Å²) in [4.78, 5) is 12.2. The van der Waals surface area contributed by atoms with Crippen LogP contribution < -0.4 is 10.1 Å². The molecule has 0 spiro atoms. The van der Waals surface area contributed by atoms with Gasteiger partial charge in [-0.05, 0) is 37.8 Å². The monoisotopic (exact) mass is 303 g/mol. The number of anilines is 1. The number of carbonyl (C=O) groups is 1. The summed E-state index contributed by atoms with van der Waals surface area (Å²) in [5.74, 6) is 0.239. The fourth-order valence-corrected chi connectivity index (χ4v) is 2.06. The second-order valence-corrected chi connectivity index (χ2v) is 5.43. The van der Waals surface area contributed by atoms with Crippen molar-refractivity contribution in [3.8, 4) is 5.75 Å². The van der Waals surface area contributed by atoms with Crippen LogP contribution in [0.15, 0.2) is 30.6 Å². The number of carbonyl (C=O) groups excluding carboxylic acids is 1. The van der Waals surface area contributed by atoms with Crippen molar-refractivity contribution in [2.24, 2.45) is 5.92 Å². The Labute approximate surface area is 128 Å². The minimum absolute atomic E-state index is 0.289. The van der Waals surface area contributed by atoms with Crippen LogP contribution in [0.25, 0.3) is 0 Å². The first-order valence-corrected chi connectivity index (χ1v) is 7.42. The van der Waals surface area contributed by atoms with Gasteiger partial charge in [0, 0.05) is 18.8 Å². The number of nitrogens with zero attached hydrogens (tertiary/aromatic N) is 2. The van der Waals surface area contributed by atoms with Gasteiger partial charge in [0.25, 0.3) is 5.91 Å². The summed E-state index contributed by atoms with van der Waals surface area (Å²) in [6, 6.07) is 4.11. The Balaban J connectivity index is 1.73. The van der Waals surface area contributed by atoms with Crippen molar-refractivity contribution < 1.29 is 13.9 Å². The Bertz CT molecular complexity index is 680. The highest BCUT2D eigenvalue weighted by Crippen LogP contribution is 2.32. The lowest BCUT2D eigenvalue weighted by Crippen LogP contribution is -2.13. The van der Waals surface area contributed by atoms with E-state index in [1.165, 1.54) is 24.4 Å². The molecule has 1 N–H and O–H groups in total. The summed E-state index contributed by atoms with van der Waals surface area (Å²) in [5.41, 5.74) is 0.926. The van der Waals surface area contributed by atoms with Crippen LogP contribution in [0.2, 0.25) is 0 Å². The Morgan fingerprint density at radius 3 is 3.00 bits per heavy atom. The Morgan fingerprint density at radius 1 is 1.50 bits per heavy atom. The maximum Gasteiger partial charge on any atom is 0.258 e. The van der Waals surface area contributed by atoms with Gasteiger partial charge in [-0.2, -0.15) is 5.10 Å². The lowest BCUT2D eigenvalue weighted by molar-refractivity contribution is 0.102. The van der Waals surface area contributed by atoms with Gasteiger partial charge in [-0.3, -0.25) is 9.48 Å². The van der Waals surface area contributed by atoms with E-state index in [-0.39, 0.29) is 11.7 Å². The van der Waals surface area contributed by atoms with Gasteiger partial charge in [-0.15, -0.1) is 0 Å². The van der Waals surface area contributed by atoms with Crippen LogP contribution in [0.3, 0.4) is 0 Å². The van der Waals surface area contributed by atoms with Crippen molar-refractivity contribution in [1.29, 1.82) is 0 Å². The molecule has 1 aromatic heterocycles. The van der Waals surface area contributed by atoms with Gasteiger partial charge in [0.15, 0.2) is 0 Å². The third kappa shape index (κ3) is 3.44. The SMILES string of the molecule is CCn1cc(C(=O)Nc2ccc(F)cc2OCC2CC2)cn1. The molecule has 1 saturated carbocycles. The highest BCUT2D eigenvalue weighted by molar-refractivity contribution is 6.04. The number of halogens is 1. The molecule has 0 unspecified atom stereocenters. The van der Waals surface area contributed by atoms with Gasteiger partial charge < -0.3 is 10.1 Å². The largest absolute Gasteiger partial charge is 0.491 e. The summed E-state index contributed by atoms with van der Waals surface area (Å²) in [7, 11) is 0. The number of hydrogen-bond donors (Lipinski definition) is 1. The summed E-state index contributed by atoms with van der Waals surface area (Å²) in [5, 5.41) is 6.82. The zero-order chi connectivity index (χ0) is 15.5. The summed E-state index contributed by atoms with van der Waals surface area (Å²) < 4.78 is 20.7. The first kappa shape index (κ1) is 14.6. The van der Waals surface area contributed by atoms with Crippen molar-refractivity contribution in [2.45, 2.75) is 26.3 Å². The average Bonchev–Trinajstić information content (AvgIpc) is 3.21. The van der Waals surface area contributed by atoms with Crippen LogP contribution in [-0.4, -0.2) is 22.3 Å². The van der Waals surface area contributed by atoms with E-state index in [0.29, 0.717) is 36.1 Å². The Hall–Kier alpha value is -2.37. The molecule has 3 rings (SSSR count).